The zero-order chi connectivity index (χ0) is 23.3. The van der Waals surface area contributed by atoms with Gasteiger partial charge in [0.2, 0.25) is 0 Å². The molecular formula is C21H19F2N5O4S. The van der Waals surface area contributed by atoms with E-state index in [0.29, 0.717) is 30.2 Å². The number of halogens is 2. The van der Waals surface area contributed by atoms with Crippen LogP contribution in [0, 0.1) is 11.8 Å². The fourth-order valence-corrected chi connectivity index (χ4v) is 5.26. The summed E-state index contributed by atoms with van der Waals surface area (Å²) in [6, 6.07) is 4.01. The minimum absolute atomic E-state index is 0.00500. The van der Waals surface area contributed by atoms with Crippen LogP contribution in [0.2, 0.25) is 0 Å². The van der Waals surface area contributed by atoms with Gasteiger partial charge in [-0.2, -0.15) is 0 Å². The lowest BCUT2D eigenvalue weighted by molar-refractivity contribution is 0.0690. The van der Waals surface area contributed by atoms with Gasteiger partial charge >= 0.3 is 5.97 Å². The lowest BCUT2D eigenvalue weighted by Gasteiger charge is -2.20. The average molecular weight is 475 g/mol. The molecule has 1 amide bonds. The predicted molar refractivity (Wildman–Crippen MR) is 112 cm³/mol. The zero-order valence-electron chi connectivity index (χ0n) is 17.4. The van der Waals surface area contributed by atoms with E-state index in [4.69, 9.17) is 9.84 Å². The number of carboxylic acid groups (broad SMARTS) is 1. The maximum atomic E-state index is 13.1. The number of fused-ring (bicyclic) bond motifs is 1. The molecule has 1 aliphatic carbocycles. The monoisotopic (exact) mass is 475 g/mol. The fraction of sp³-hybridized carbons (Fsp3) is 0.381. The van der Waals surface area contributed by atoms with Crippen molar-refractivity contribution < 1.29 is 28.2 Å². The van der Waals surface area contributed by atoms with Crippen LogP contribution in [0.3, 0.4) is 0 Å². The smallest absolute Gasteiger partial charge is 0.355 e. The van der Waals surface area contributed by atoms with Crippen molar-refractivity contribution in [2.75, 3.05) is 20.2 Å². The van der Waals surface area contributed by atoms with Gasteiger partial charge in [0.15, 0.2) is 5.69 Å². The molecule has 3 aromatic rings. The van der Waals surface area contributed by atoms with Crippen LogP contribution in [0.5, 0.6) is 5.75 Å². The van der Waals surface area contributed by atoms with Crippen molar-refractivity contribution in [1.29, 1.82) is 0 Å². The van der Waals surface area contributed by atoms with Crippen molar-refractivity contribution in [3.63, 3.8) is 0 Å². The summed E-state index contributed by atoms with van der Waals surface area (Å²) in [6.45, 7) is 1.47. The van der Waals surface area contributed by atoms with Gasteiger partial charge in [0, 0.05) is 36.1 Å². The maximum Gasteiger partial charge on any atom is 0.355 e. The van der Waals surface area contributed by atoms with Crippen molar-refractivity contribution in [3.05, 3.63) is 57.3 Å². The highest BCUT2D eigenvalue weighted by atomic mass is 32.1. The number of hydrogen-bond acceptors (Lipinski definition) is 7. The summed E-state index contributed by atoms with van der Waals surface area (Å²) in [6.07, 6.45) is -0.835. The summed E-state index contributed by atoms with van der Waals surface area (Å²) in [7, 11) is 1.30. The number of amides is 1. The van der Waals surface area contributed by atoms with E-state index < -0.39 is 12.4 Å². The first kappa shape index (κ1) is 21.4. The van der Waals surface area contributed by atoms with Gasteiger partial charge in [0.05, 0.1) is 24.9 Å². The number of aromatic carboxylic acids is 1. The maximum absolute atomic E-state index is 13.1. The van der Waals surface area contributed by atoms with E-state index in [0.717, 1.165) is 5.69 Å². The number of carbonyl (C=O) groups is 2. The number of thiazole rings is 1. The van der Waals surface area contributed by atoms with Crippen molar-refractivity contribution in [2.45, 2.75) is 18.9 Å². The molecule has 33 heavy (non-hydrogen) atoms. The number of benzene rings is 1. The van der Waals surface area contributed by atoms with E-state index in [1.165, 1.54) is 42.0 Å². The van der Waals surface area contributed by atoms with E-state index in [1.54, 1.807) is 9.58 Å². The van der Waals surface area contributed by atoms with Crippen LogP contribution in [0.4, 0.5) is 8.78 Å². The molecule has 3 atom stereocenters. The Balaban J connectivity index is 1.21. The molecule has 1 aliphatic heterocycles. The Bertz CT molecular complexity index is 1220. The molecule has 2 fully saturated rings. The van der Waals surface area contributed by atoms with Crippen LogP contribution in [0.25, 0.3) is 0 Å². The highest BCUT2D eigenvalue weighted by Crippen LogP contribution is 2.57. The van der Waals surface area contributed by atoms with E-state index in [1.807, 2.05) is 6.20 Å². The zero-order valence-corrected chi connectivity index (χ0v) is 18.2. The molecule has 1 N–H and O–H groups in total. The lowest BCUT2D eigenvalue weighted by Crippen LogP contribution is -2.31. The largest absolute Gasteiger partial charge is 0.496 e. The van der Waals surface area contributed by atoms with Crippen LogP contribution < -0.4 is 4.74 Å². The highest BCUT2D eigenvalue weighted by molar-refractivity contribution is 7.09. The Kier molecular flexibility index (Phi) is 5.31. The van der Waals surface area contributed by atoms with E-state index in [2.05, 4.69) is 15.3 Å². The summed E-state index contributed by atoms with van der Waals surface area (Å²) in [4.78, 5) is 29.6. The van der Waals surface area contributed by atoms with Gasteiger partial charge in [0.25, 0.3) is 12.3 Å². The summed E-state index contributed by atoms with van der Waals surface area (Å²) in [5.74, 6) is -0.499. The third kappa shape index (κ3) is 3.94. The Morgan fingerprint density at radius 2 is 2.06 bits per heavy atom. The first-order valence-electron chi connectivity index (χ1n) is 10.2. The number of alkyl halides is 2. The number of rotatable bonds is 7. The molecule has 5 rings (SSSR count). The molecule has 2 aromatic heterocycles. The molecule has 3 heterocycles. The first-order valence-corrected chi connectivity index (χ1v) is 11.1. The Hall–Kier alpha value is -3.41. The third-order valence-corrected chi connectivity index (χ3v) is 7.00. The fourth-order valence-electron chi connectivity index (χ4n) is 4.50. The summed E-state index contributed by atoms with van der Waals surface area (Å²) >= 11 is 1.25. The molecule has 2 aliphatic rings. The average Bonchev–Trinajstić information content (AvgIpc) is 3.28. The molecular weight excluding hydrogens is 456 g/mol. The number of ether oxygens (including phenoxy) is 1. The Morgan fingerprint density at radius 1 is 1.30 bits per heavy atom. The minimum Gasteiger partial charge on any atom is -0.496 e. The van der Waals surface area contributed by atoms with Crippen molar-refractivity contribution in [2.24, 2.45) is 11.8 Å². The molecule has 12 heteroatoms. The molecule has 0 bridgehead atoms. The second-order valence-corrected chi connectivity index (χ2v) is 9.04. The van der Waals surface area contributed by atoms with Crippen molar-refractivity contribution in [3.8, 4) is 5.75 Å². The summed E-state index contributed by atoms with van der Waals surface area (Å²) in [5, 5.41) is 19.5. The van der Waals surface area contributed by atoms with E-state index in [-0.39, 0.29) is 40.7 Å². The van der Waals surface area contributed by atoms with Crippen LogP contribution in [-0.4, -0.2) is 62.1 Å². The molecule has 1 saturated carbocycles. The van der Waals surface area contributed by atoms with Crippen molar-refractivity contribution >= 4 is 23.2 Å². The minimum atomic E-state index is -2.67. The highest BCUT2D eigenvalue weighted by Gasteiger charge is 2.58. The molecule has 0 spiro atoms. The summed E-state index contributed by atoms with van der Waals surface area (Å²) < 4.78 is 32.8. The number of carboxylic acids is 1. The van der Waals surface area contributed by atoms with Crippen LogP contribution in [-0.2, 0) is 6.54 Å². The van der Waals surface area contributed by atoms with Gasteiger partial charge in [0.1, 0.15) is 10.8 Å². The molecule has 172 valence electrons. The first-order chi connectivity index (χ1) is 15.9. The second kappa shape index (κ2) is 8.18. The second-order valence-electron chi connectivity index (χ2n) is 8.09. The number of hydrogen-bond donors (Lipinski definition) is 1. The van der Waals surface area contributed by atoms with Gasteiger partial charge < -0.3 is 14.7 Å². The van der Waals surface area contributed by atoms with Crippen LogP contribution in [0.1, 0.15) is 49.5 Å². The van der Waals surface area contributed by atoms with Gasteiger partial charge in [-0.25, -0.2) is 23.2 Å². The quantitative estimate of drug-likeness (QED) is 0.559. The predicted octanol–water partition coefficient (Wildman–Crippen LogP) is 2.91. The molecule has 1 saturated heterocycles. The number of nitrogens with zero attached hydrogens (tertiary/aromatic N) is 5. The molecule has 9 nitrogen and oxygen atoms in total. The summed E-state index contributed by atoms with van der Waals surface area (Å²) in [5.41, 5.74) is 0.941. The number of likely N-dealkylation sites (tertiary alicyclic amines) is 1. The number of methoxy groups -OCH3 is 1. The van der Waals surface area contributed by atoms with Gasteiger partial charge in [-0.15, -0.1) is 16.4 Å². The SMILES string of the molecule is COc1cc(C(=O)N2C[C@@H]3C(c4cn(Cc5nc(C(=O)O)cs5)nn4)[C@@H]3C2)ccc1C(F)F. The molecule has 1 unspecified atom stereocenters. The standard InChI is InChI=1S/C21H19F2N5O4S/c1-32-16-4-10(2-3-11(16)19(22)23)20(29)27-5-12-13(6-27)18(12)14-7-28(26-25-14)8-17-24-15(9-33-17)21(30)31/h2-4,7,9,12-13,18-19H,5-6,8H2,1H3,(H,30,31)/t12-,13+,18?. The van der Waals surface area contributed by atoms with Gasteiger partial charge in [-0.05, 0) is 30.0 Å². The number of carbonyl (C=O) groups excluding carboxylic acids is 1. The van der Waals surface area contributed by atoms with Crippen LogP contribution >= 0.6 is 11.3 Å². The van der Waals surface area contributed by atoms with Crippen LogP contribution in [0.15, 0.2) is 29.8 Å². The lowest BCUT2D eigenvalue weighted by atomic mass is 10.1. The van der Waals surface area contributed by atoms with Crippen molar-refractivity contribution in [1.82, 2.24) is 24.9 Å². The Morgan fingerprint density at radius 3 is 2.70 bits per heavy atom. The van der Waals surface area contributed by atoms with Gasteiger partial charge in [-0.1, -0.05) is 5.21 Å². The van der Waals surface area contributed by atoms with Gasteiger partial charge in [-0.3, -0.25) is 4.79 Å². The van der Waals surface area contributed by atoms with E-state index >= 15 is 0 Å². The number of piperidine rings is 1. The normalized spacial score (nSPS) is 21.3. The molecule has 1 aromatic carbocycles. The van der Waals surface area contributed by atoms with E-state index in [9.17, 15) is 18.4 Å². The topological polar surface area (TPSA) is 110 Å². The molecule has 0 radical (unpaired) electrons. The number of aromatic nitrogens is 4. The third-order valence-electron chi connectivity index (χ3n) is 6.16. The Labute approximate surface area is 190 Å².